The van der Waals surface area contributed by atoms with Crippen LogP contribution in [0.4, 0.5) is 4.39 Å². The predicted octanol–water partition coefficient (Wildman–Crippen LogP) is -0.395. The summed E-state index contributed by atoms with van der Waals surface area (Å²) in [5.74, 6) is -15.8. The number of aliphatic carboxylic acids is 2. The van der Waals surface area contributed by atoms with E-state index >= 15 is 4.39 Å². The molecule has 6 aromatic rings. The fourth-order valence-corrected chi connectivity index (χ4v) is 12.4. The predicted molar refractivity (Wildman–Crippen MR) is 392 cm³/mol. The van der Waals surface area contributed by atoms with Gasteiger partial charge in [0.15, 0.2) is 0 Å². The van der Waals surface area contributed by atoms with Crippen LogP contribution in [0.25, 0.3) is 22.3 Å². The number of primary amides is 1. The Labute approximate surface area is 626 Å². The fourth-order valence-electron chi connectivity index (χ4n) is 12.4. The van der Waals surface area contributed by atoms with Gasteiger partial charge in [0.05, 0.1) is 43.4 Å². The number of aromatic amines is 1. The first-order chi connectivity index (χ1) is 51.6. The lowest BCUT2D eigenvalue weighted by Gasteiger charge is -2.36. The van der Waals surface area contributed by atoms with Crippen LogP contribution in [0.3, 0.4) is 0 Å². The monoisotopic (exact) mass is 1510 g/mol. The molecule has 1 fully saturated rings. The van der Waals surface area contributed by atoms with E-state index in [1.807, 2.05) is 72.8 Å². The zero-order chi connectivity index (χ0) is 79.9. The number of carboxylic acid groups (broad SMARTS) is 2. The number of H-pyrrole nitrogens is 1. The Kier molecular flexibility index (Phi) is 29.9. The van der Waals surface area contributed by atoms with Gasteiger partial charge in [-0.3, -0.25) is 62.3 Å². The van der Waals surface area contributed by atoms with Crippen molar-refractivity contribution >= 4 is 76.9 Å². The Balaban J connectivity index is 1.05. The molecule has 7 rings (SSSR count). The topological polar surface area (TPSA) is 515 Å². The molecule has 1 saturated heterocycles. The molecule has 1 aliphatic rings. The lowest BCUT2D eigenvalue weighted by atomic mass is 9.89. The molecule has 0 aliphatic carbocycles. The second kappa shape index (κ2) is 38.6. The summed E-state index contributed by atoms with van der Waals surface area (Å²) in [5, 5.41) is 73.5. The molecular formula is C76H93FN14O18. The summed E-state index contributed by atoms with van der Waals surface area (Å²) >= 11 is 0. The Morgan fingerprint density at radius 3 is 1.62 bits per heavy atom. The van der Waals surface area contributed by atoms with Crippen LogP contribution in [-0.2, 0) is 88.0 Å². The van der Waals surface area contributed by atoms with Crippen molar-refractivity contribution in [1.29, 1.82) is 0 Å². The van der Waals surface area contributed by atoms with Crippen LogP contribution in [0.1, 0.15) is 95.5 Å². The summed E-state index contributed by atoms with van der Waals surface area (Å²) < 4.78 is 15.5. The summed E-state index contributed by atoms with van der Waals surface area (Å²) in [6.45, 7) is 3.80. The third-order valence-corrected chi connectivity index (χ3v) is 18.7. The lowest BCUT2D eigenvalue weighted by Crippen LogP contribution is -2.67. The number of aromatic nitrogens is 2. The van der Waals surface area contributed by atoms with Gasteiger partial charge >= 0.3 is 11.9 Å². The van der Waals surface area contributed by atoms with E-state index in [1.54, 1.807) is 42.6 Å². The van der Waals surface area contributed by atoms with Gasteiger partial charge in [0, 0.05) is 51.3 Å². The highest BCUT2D eigenvalue weighted by Crippen LogP contribution is 2.31. The third-order valence-electron chi connectivity index (χ3n) is 18.7. The van der Waals surface area contributed by atoms with Crippen LogP contribution >= 0.6 is 0 Å². The maximum absolute atomic E-state index is 15.5. The van der Waals surface area contributed by atoms with Gasteiger partial charge < -0.3 is 94.7 Å². The fraction of sp³-hybridized carbons (Fsp3) is 0.395. The Hall–Kier alpha value is -11.8. The minimum Gasteiger partial charge on any atom is -0.481 e. The van der Waals surface area contributed by atoms with Crippen molar-refractivity contribution < 1.29 is 92.3 Å². The number of benzene rings is 5. The smallest absolute Gasteiger partial charge is 0.303 e. The number of rotatable bonds is 39. The van der Waals surface area contributed by atoms with Gasteiger partial charge in [-0.05, 0) is 105 Å². The molecular weight excluding hydrogens is 1420 g/mol. The van der Waals surface area contributed by atoms with Gasteiger partial charge in [0.2, 0.25) is 65.0 Å². The number of aliphatic hydroxyl groups excluding tert-OH is 3. The van der Waals surface area contributed by atoms with Gasteiger partial charge in [-0.1, -0.05) is 127 Å². The van der Waals surface area contributed by atoms with Crippen molar-refractivity contribution in [1.82, 2.24) is 62.7 Å². The summed E-state index contributed by atoms with van der Waals surface area (Å²) in [6.07, 6.45) is -3.92. The Morgan fingerprint density at radius 1 is 0.587 bits per heavy atom. The van der Waals surface area contributed by atoms with Gasteiger partial charge in [0.25, 0.3) is 0 Å². The summed E-state index contributed by atoms with van der Waals surface area (Å²) in [6, 6.07) is 25.7. The Bertz CT molecular complexity index is 4210. The summed E-state index contributed by atoms with van der Waals surface area (Å²) in [7, 11) is 0. The minimum atomic E-state index is -2.42. The van der Waals surface area contributed by atoms with Crippen LogP contribution in [0.2, 0.25) is 0 Å². The molecule has 5 aromatic carbocycles. The molecule has 0 radical (unpaired) electrons. The standard InChI is InChI=1S/C76H93FN14O18/c1-43(93)62(88-72(108)75(4,38-51-19-12-13-20-53(51)77)90-69(105)63(44(2)94)87-59(95)40-81-65(101)55(29-31-60(96)97)85-73(109)76(5)33-14-34-91(76)70(106)54(78)36-52-39-80-42-82-52)68(104)84-58(41-92)66(102)83-56(30-32-61(98)99)67(103)89-74(3,37-46-23-27-50(28-24-46)48-17-10-7-11-18-48)71(107)86-57(64(79)100)35-45-21-25-49(26-22-45)47-15-8-6-9-16-47/h6-13,15-28,39,42-44,54-58,62-63,92-94H,14,29-38,40-41,78H2,1-5H3,(H2,79,100)(H,80,82)(H,81,101)(H,83,102)(H,84,104)(H,85,109)(H,86,107)(H,87,95)(H,88,108)(H,89,103)(H,90,105)(H,96,97)(H,98,99)/t43-,44-,54?,55+,56+,57+,58+,62+,63+,74?,75?,76+/m1/s1. The number of carbonyl (C=O) groups is 13. The number of nitrogens with zero attached hydrogens (tertiary/aromatic N) is 2. The zero-order valence-corrected chi connectivity index (χ0v) is 60.7. The highest BCUT2D eigenvalue weighted by Gasteiger charge is 2.49. The molecule has 0 saturated carbocycles. The summed E-state index contributed by atoms with van der Waals surface area (Å²) in [5.41, 5.74) is 10.9. The average molecular weight is 1510 g/mol. The van der Waals surface area contributed by atoms with Crippen LogP contribution in [0.15, 0.2) is 146 Å². The SMILES string of the molecule is C[C@@H](O)[C@H](NC(=O)CNC(=O)[C@H](CCC(=O)O)NC(=O)[C@]1(C)CCCN1C(=O)C(N)Cc1c[nH]cn1)C(=O)NC(C)(Cc1ccccc1F)C(=O)N[C@H](C(=O)N[C@@H](CO)C(=O)N[C@@H](CCC(=O)O)C(=O)NC(C)(Cc1ccc(-c2ccccc2)cc1)C(=O)N[C@@H](Cc1ccc(-c2ccccc2)cc1)C(N)=O)[C@@H](C)O. The number of halogens is 1. The number of aliphatic hydroxyl groups is 3. The number of nitrogens with two attached hydrogens (primary N) is 2. The average Bonchev–Trinajstić information content (AvgIpc) is 1.66. The zero-order valence-electron chi connectivity index (χ0n) is 60.7. The quantitative estimate of drug-likeness (QED) is 0.0234. The largest absolute Gasteiger partial charge is 0.481 e. The maximum Gasteiger partial charge on any atom is 0.303 e. The number of amides is 11. The van der Waals surface area contributed by atoms with Crippen molar-refractivity contribution in [3.05, 3.63) is 174 Å². The van der Waals surface area contributed by atoms with Crippen LogP contribution in [0.5, 0.6) is 0 Å². The first-order valence-corrected chi connectivity index (χ1v) is 35.2. The number of carboxylic acids is 2. The van der Waals surface area contributed by atoms with Crippen molar-refractivity contribution in [3.8, 4) is 22.3 Å². The van der Waals surface area contributed by atoms with Gasteiger partial charge in [-0.15, -0.1) is 0 Å². The summed E-state index contributed by atoms with van der Waals surface area (Å²) in [4.78, 5) is 187. The number of hydrogen-bond acceptors (Lipinski definition) is 18. The van der Waals surface area contributed by atoms with E-state index in [1.165, 1.54) is 43.3 Å². The van der Waals surface area contributed by atoms with Crippen molar-refractivity contribution in [2.24, 2.45) is 11.5 Å². The van der Waals surface area contributed by atoms with Crippen LogP contribution in [-0.4, -0.2) is 208 Å². The van der Waals surface area contributed by atoms with E-state index in [4.69, 9.17) is 11.5 Å². The van der Waals surface area contributed by atoms with Gasteiger partial charge in [-0.2, -0.15) is 0 Å². The molecule has 11 amide bonds. The molecule has 109 heavy (non-hydrogen) atoms. The number of hydrogen-bond donors (Lipinski definition) is 17. The second-order valence-electron chi connectivity index (χ2n) is 27.5. The molecule has 0 bridgehead atoms. The molecule has 19 N–H and O–H groups in total. The molecule has 33 heteroatoms. The molecule has 1 aromatic heterocycles. The molecule has 0 spiro atoms. The maximum atomic E-state index is 15.5. The number of likely N-dealkylation sites (tertiary alicyclic amines) is 1. The molecule has 32 nitrogen and oxygen atoms in total. The van der Waals surface area contributed by atoms with Gasteiger partial charge in [-0.25, -0.2) is 9.37 Å². The third kappa shape index (κ3) is 23.6. The van der Waals surface area contributed by atoms with Crippen molar-refractivity contribution in [2.45, 2.75) is 170 Å². The highest BCUT2D eigenvalue weighted by molar-refractivity contribution is 6.01. The molecule has 1 aliphatic heterocycles. The normalized spacial score (nSPS) is 16.8. The van der Waals surface area contributed by atoms with Crippen LogP contribution < -0.4 is 59.3 Å². The van der Waals surface area contributed by atoms with E-state index in [0.29, 0.717) is 23.2 Å². The van der Waals surface area contributed by atoms with E-state index in [-0.39, 0.29) is 37.8 Å². The molecule has 582 valence electrons. The first-order valence-electron chi connectivity index (χ1n) is 35.2. The molecule has 12 atom stereocenters. The highest BCUT2D eigenvalue weighted by atomic mass is 19.1. The lowest BCUT2D eigenvalue weighted by molar-refractivity contribution is -0.146. The molecule has 3 unspecified atom stereocenters. The second-order valence-corrected chi connectivity index (χ2v) is 27.5. The first kappa shape index (κ1) is 84.5. The van der Waals surface area contributed by atoms with Crippen molar-refractivity contribution in [2.75, 3.05) is 19.7 Å². The van der Waals surface area contributed by atoms with Crippen LogP contribution in [0, 0.1) is 5.82 Å². The number of carbonyl (C=O) groups excluding carboxylic acids is 11. The van der Waals surface area contributed by atoms with E-state index in [9.17, 15) is 87.9 Å². The Morgan fingerprint density at radius 2 is 1.09 bits per heavy atom. The van der Waals surface area contributed by atoms with Crippen molar-refractivity contribution in [3.63, 3.8) is 0 Å². The number of nitrogens with one attached hydrogen (secondary N) is 10. The molecule has 2 heterocycles. The van der Waals surface area contributed by atoms with E-state index < -0.39 is 199 Å². The van der Waals surface area contributed by atoms with E-state index in [2.05, 4.69) is 57.8 Å². The van der Waals surface area contributed by atoms with E-state index in [0.717, 1.165) is 49.1 Å². The number of imidazole rings is 1. The van der Waals surface area contributed by atoms with Gasteiger partial charge in [0.1, 0.15) is 58.7 Å². The minimum absolute atomic E-state index is 0.0309.